The summed E-state index contributed by atoms with van der Waals surface area (Å²) >= 11 is 0. The molecule has 1 fully saturated rings. The van der Waals surface area contributed by atoms with Gasteiger partial charge in [-0.1, -0.05) is 18.2 Å². The molecule has 0 aromatic heterocycles. The van der Waals surface area contributed by atoms with Crippen LogP contribution in [0.4, 0.5) is 0 Å². The van der Waals surface area contributed by atoms with Crippen LogP contribution in [-0.4, -0.2) is 64.2 Å². The number of amides is 1. The molecule has 4 rings (SSSR count). The van der Waals surface area contributed by atoms with Crippen LogP contribution in [0.3, 0.4) is 0 Å². The molecule has 1 atom stereocenters. The van der Waals surface area contributed by atoms with Crippen molar-refractivity contribution in [2.75, 3.05) is 39.5 Å². The van der Waals surface area contributed by atoms with Gasteiger partial charge >= 0.3 is 0 Å². The first-order valence-corrected chi connectivity index (χ1v) is 10.8. The van der Waals surface area contributed by atoms with Crippen molar-refractivity contribution in [1.82, 2.24) is 9.62 Å². The minimum Gasteiger partial charge on any atom is -0.486 e. The number of fused-ring (bicyclic) bond motifs is 1. The fourth-order valence-corrected chi connectivity index (χ4v) is 4.66. The van der Waals surface area contributed by atoms with E-state index in [0.717, 1.165) is 0 Å². The van der Waals surface area contributed by atoms with Crippen LogP contribution in [0.15, 0.2) is 53.4 Å². The highest BCUT2D eigenvalue weighted by Gasteiger charge is 2.27. The van der Waals surface area contributed by atoms with E-state index in [1.54, 1.807) is 12.1 Å². The van der Waals surface area contributed by atoms with E-state index >= 15 is 0 Å². The third kappa shape index (κ3) is 4.36. The van der Waals surface area contributed by atoms with E-state index in [4.69, 9.17) is 14.2 Å². The van der Waals surface area contributed by atoms with Crippen LogP contribution in [0, 0.1) is 0 Å². The standard InChI is InChI=1S/C20H22N2O6S/c23-20(21-13-16-14-27-18-6-1-2-7-19(18)28-16)15-4-3-5-17(12-15)29(24,25)22-8-10-26-11-9-22/h1-7,12,16H,8-11,13-14H2,(H,21,23)/t16-/m1/s1. The Morgan fingerprint density at radius 3 is 2.62 bits per heavy atom. The van der Waals surface area contributed by atoms with Crippen LogP contribution in [-0.2, 0) is 14.8 Å². The average Bonchev–Trinajstić information content (AvgIpc) is 2.78. The Morgan fingerprint density at radius 2 is 1.83 bits per heavy atom. The number of hydrogen-bond donors (Lipinski definition) is 1. The van der Waals surface area contributed by atoms with Gasteiger partial charge in [0.15, 0.2) is 11.5 Å². The summed E-state index contributed by atoms with van der Waals surface area (Å²) in [4.78, 5) is 12.6. The lowest BCUT2D eigenvalue weighted by atomic mass is 10.2. The summed E-state index contributed by atoms with van der Waals surface area (Å²) in [6, 6.07) is 13.4. The molecule has 2 heterocycles. The molecule has 0 bridgehead atoms. The van der Waals surface area contributed by atoms with Gasteiger partial charge in [-0.25, -0.2) is 8.42 Å². The Morgan fingerprint density at radius 1 is 1.07 bits per heavy atom. The maximum atomic E-state index is 12.8. The molecule has 154 valence electrons. The number of rotatable bonds is 5. The summed E-state index contributed by atoms with van der Waals surface area (Å²) in [7, 11) is -3.66. The molecule has 2 aliphatic rings. The molecule has 2 aromatic rings. The third-order valence-corrected chi connectivity index (χ3v) is 6.66. The molecule has 8 nitrogen and oxygen atoms in total. The van der Waals surface area contributed by atoms with E-state index in [1.807, 2.05) is 24.3 Å². The first-order valence-electron chi connectivity index (χ1n) is 9.39. The van der Waals surface area contributed by atoms with Crippen LogP contribution in [0.25, 0.3) is 0 Å². The second-order valence-electron chi connectivity index (χ2n) is 6.75. The maximum absolute atomic E-state index is 12.8. The number of nitrogens with zero attached hydrogens (tertiary/aromatic N) is 1. The van der Waals surface area contributed by atoms with Gasteiger partial charge in [0, 0.05) is 18.7 Å². The molecule has 2 aliphatic heterocycles. The van der Waals surface area contributed by atoms with Crippen molar-refractivity contribution >= 4 is 15.9 Å². The van der Waals surface area contributed by atoms with E-state index in [9.17, 15) is 13.2 Å². The zero-order valence-electron chi connectivity index (χ0n) is 15.7. The van der Waals surface area contributed by atoms with Crippen molar-refractivity contribution in [3.8, 4) is 11.5 Å². The van der Waals surface area contributed by atoms with Gasteiger partial charge in [0.1, 0.15) is 12.7 Å². The molecule has 2 aromatic carbocycles. The number of nitrogens with one attached hydrogen (secondary N) is 1. The number of morpholine rings is 1. The topological polar surface area (TPSA) is 94.2 Å². The smallest absolute Gasteiger partial charge is 0.251 e. The molecule has 29 heavy (non-hydrogen) atoms. The second-order valence-corrected chi connectivity index (χ2v) is 8.69. The normalized spacial score (nSPS) is 19.5. The summed E-state index contributed by atoms with van der Waals surface area (Å²) in [5.41, 5.74) is 0.275. The zero-order chi connectivity index (χ0) is 20.3. The summed E-state index contributed by atoms with van der Waals surface area (Å²) in [5.74, 6) is 0.944. The van der Waals surface area contributed by atoms with Crippen molar-refractivity contribution in [1.29, 1.82) is 0 Å². The Labute approximate surface area is 169 Å². The van der Waals surface area contributed by atoms with E-state index < -0.39 is 10.0 Å². The van der Waals surface area contributed by atoms with E-state index in [1.165, 1.54) is 16.4 Å². The van der Waals surface area contributed by atoms with Crippen molar-refractivity contribution in [2.45, 2.75) is 11.0 Å². The van der Waals surface area contributed by atoms with Gasteiger partial charge in [-0.2, -0.15) is 4.31 Å². The highest BCUT2D eigenvalue weighted by atomic mass is 32.2. The number of hydrogen-bond acceptors (Lipinski definition) is 6. The van der Waals surface area contributed by atoms with Gasteiger partial charge < -0.3 is 19.5 Å². The number of carbonyl (C=O) groups is 1. The summed E-state index contributed by atoms with van der Waals surface area (Å²) in [6.45, 7) is 1.91. The van der Waals surface area contributed by atoms with Gasteiger partial charge in [-0.3, -0.25) is 4.79 Å². The molecule has 0 aliphatic carbocycles. The minimum atomic E-state index is -3.66. The van der Waals surface area contributed by atoms with Crippen LogP contribution in [0.1, 0.15) is 10.4 Å². The lowest BCUT2D eigenvalue weighted by Gasteiger charge is -2.27. The molecule has 0 unspecified atom stereocenters. The summed E-state index contributed by atoms with van der Waals surface area (Å²) in [6.07, 6.45) is -0.325. The fourth-order valence-electron chi connectivity index (χ4n) is 3.21. The predicted octanol–water partition coefficient (Wildman–Crippen LogP) is 1.28. The van der Waals surface area contributed by atoms with Crippen molar-refractivity contribution in [3.63, 3.8) is 0 Å². The van der Waals surface area contributed by atoms with Crippen LogP contribution in [0.5, 0.6) is 11.5 Å². The lowest BCUT2D eigenvalue weighted by molar-refractivity contribution is 0.0730. The Hall–Kier alpha value is -2.62. The molecule has 9 heteroatoms. The number of carbonyl (C=O) groups excluding carboxylic acids is 1. The molecule has 0 saturated carbocycles. The highest BCUT2D eigenvalue weighted by Crippen LogP contribution is 2.30. The molecular formula is C20H22N2O6S. The second kappa shape index (κ2) is 8.40. The van der Waals surface area contributed by atoms with E-state index in [0.29, 0.717) is 44.4 Å². The monoisotopic (exact) mass is 418 g/mol. The van der Waals surface area contributed by atoms with Gasteiger partial charge in [0.05, 0.1) is 24.7 Å². The quantitative estimate of drug-likeness (QED) is 0.786. The van der Waals surface area contributed by atoms with Crippen molar-refractivity contribution < 1.29 is 27.4 Å². The van der Waals surface area contributed by atoms with Gasteiger partial charge in [-0.05, 0) is 30.3 Å². The van der Waals surface area contributed by atoms with E-state index in [-0.39, 0.29) is 29.0 Å². The Balaban J connectivity index is 1.40. The highest BCUT2D eigenvalue weighted by molar-refractivity contribution is 7.89. The zero-order valence-corrected chi connectivity index (χ0v) is 16.6. The summed E-state index contributed by atoms with van der Waals surface area (Å²) < 4.78 is 43.6. The lowest BCUT2D eigenvalue weighted by Crippen LogP contribution is -2.41. The number of para-hydroxylation sites is 2. The van der Waals surface area contributed by atoms with Gasteiger partial charge in [0.25, 0.3) is 5.91 Å². The predicted molar refractivity (Wildman–Crippen MR) is 105 cm³/mol. The Bertz CT molecular complexity index is 988. The molecule has 1 N–H and O–H groups in total. The van der Waals surface area contributed by atoms with Crippen LogP contribution >= 0.6 is 0 Å². The molecule has 1 amide bonds. The SMILES string of the molecule is O=C(NC[C@@H]1COc2ccccc2O1)c1cccc(S(=O)(=O)N2CCOCC2)c1. The molecule has 0 radical (unpaired) electrons. The van der Waals surface area contributed by atoms with Crippen molar-refractivity contribution in [2.24, 2.45) is 0 Å². The van der Waals surface area contributed by atoms with Crippen molar-refractivity contribution in [3.05, 3.63) is 54.1 Å². The number of ether oxygens (including phenoxy) is 3. The molecule has 1 saturated heterocycles. The fraction of sp³-hybridized carbons (Fsp3) is 0.350. The largest absolute Gasteiger partial charge is 0.486 e. The van der Waals surface area contributed by atoms with E-state index in [2.05, 4.69) is 5.32 Å². The van der Waals surface area contributed by atoms with Gasteiger partial charge in [-0.15, -0.1) is 0 Å². The summed E-state index contributed by atoms with van der Waals surface area (Å²) in [5, 5.41) is 2.79. The first kappa shape index (κ1) is 19.7. The minimum absolute atomic E-state index is 0.0956. The average molecular weight is 418 g/mol. The number of benzene rings is 2. The third-order valence-electron chi connectivity index (χ3n) is 4.76. The first-order chi connectivity index (χ1) is 14.0. The Kier molecular flexibility index (Phi) is 5.70. The molecule has 0 spiro atoms. The molecular weight excluding hydrogens is 396 g/mol. The number of sulfonamides is 1. The van der Waals surface area contributed by atoms with Crippen LogP contribution < -0.4 is 14.8 Å². The van der Waals surface area contributed by atoms with Crippen LogP contribution in [0.2, 0.25) is 0 Å². The van der Waals surface area contributed by atoms with Gasteiger partial charge in [0.2, 0.25) is 10.0 Å². The maximum Gasteiger partial charge on any atom is 0.251 e.